The minimum Gasteiger partial charge on any atom is -0.492 e. The van der Waals surface area contributed by atoms with E-state index in [9.17, 15) is 4.79 Å². The lowest BCUT2D eigenvalue weighted by molar-refractivity contribution is -0.127. The van der Waals surface area contributed by atoms with E-state index in [4.69, 9.17) is 21.1 Å². The fourth-order valence-corrected chi connectivity index (χ4v) is 3.98. The molecule has 2 aliphatic rings. The van der Waals surface area contributed by atoms with E-state index >= 15 is 0 Å². The smallest absolute Gasteiger partial charge is 0.227 e. The molecule has 0 aliphatic carbocycles. The molecule has 2 aliphatic heterocycles. The molecule has 1 amide bonds. The van der Waals surface area contributed by atoms with Crippen LogP contribution >= 0.6 is 11.6 Å². The van der Waals surface area contributed by atoms with Gasteiger partial charge in [-0.05, 0) is 35.7 Å². The third-order valence-corrected chi connectivity index (χ3v) is 5.60. The molecule has 2 aromatic rings. The summed E-state index contributed by atoms with van der Waals surface area (Å²) < 4.78 is 11.3. The maximum Gasteiger partial charge on any atom is 0.227 e. The second kappa shape index (κ2) is 8.95. The molecular formula is C22H25ClN2O3. The van der Waals surface area contributed by atoms with Crippen molar-refractivity contribution in [3.63, 3.8) is 0 Å². The van der Waals surface area contributed by atoms with Crippen molar-refractivity contribution < 1.29 is 14.3 Å². The van der Waals surface area contributed by atoms with Gasteiger partial charge in [0, 0.05) is 24.7 Å². The maximum atomic E-state index is 13.1. The van der Waals surface area contributed by atoms with Gasteiger partial charge in [-0.25, -0.2) is 0 Å². The molecule has 2 atom stereocenters. The molecule has 0 spiro atoms. The second-order valence-electron chi connectivity index (χ2n) is 7.35. The van der Waals surface area contributed by atoms with Crippen LogP contribution in [0.25, 0.3) is 0 Å². The summed E-state index contributed by atoms with van der Waals surface area (Å²) in [4.78, 5) is 15.4. The lowest BCUT2D eigenvalue weighted by atomic mass is 9.95. The summed E-state index contributed by atoms with van der Waals surface area (Å²) in [5.41, 5.74) is 2.10. The van der Waals surface area contributed by atoms with Crippen LogP contribution in [0.1, 0.15) is 17.2 Å². The van der Waals surface area contributed by atoms with Crippen LogP contribution in [0.2, 0.25) is 5.02 Å². The summed E-state index contributed by atoms with van der Waals surface area (Å²) in [6, 6.07) is 15.7. The Kier molecular flexibility index (Phi) is 6.15. The molecule has 0 aromatic heterocycles. The van der Waals surface area contributed by atoms with Crippen molar-refractivity contribution in [2.24, 2.45) is 5.92 Å². The summed E-state index contributed by atoms with van der Waals surface area (Å²) in [5, 5.41) is 3.93. The Morgan fingerprint density at radius 2 is 1.96 bits per heavy atom. The molecule has 4 rings (SSSR count). The molecule has 148 valence electrons. The molecule has 6 heteroatoms. The molecule has 1 fully saturated rings. The fourth-order valence-electron chi connectivity index (χ4n) is 3.78. The highest BCUT2D eigenvalue weighted by atomic mass is 35.5. The normalized spacial score (nSPS) is 20.7. The quantitative estimate of drug-likeness (QED) is 0.838. The van der Waals surface area contributed by atoms with E-state index < -0.39 is 0 Å². The van der Waals surface area contributed by atoms with Crippen molar-refractivity contribution in [3.05, 3.63) is 64.7 Å². The number of morpholine rings is 1. The average Bonchev–Trinajstić information content (AvgIpc) is 2.74. The van der Waals surface area contributed by atoms with E-state index in [2.05, 4.69) is 22.3 Å². The van der Waals surface area contributed by atoms with E-state index in [0.717, 1.165) is 49.7 Å². The van der Waals surface area contributed by atoms with E-state index in [1.54, 1.807) is 0 Å². The number of nitrogens with one attached hydrogen (secondary N) is 1. The minimum absolute atomic E-state index is 0.0211. The van der Waals surface area contributed by atoms with Crippen LogP contribution in [0, 0.1) is 5.92 Å². The summed E-state index contributed by atoms with van der Waals surface area (Å²) in [5.74, 6) is 0.621. The zero-order valence-corrected chi connectivity index (χ0v) is 16.5. The third kappa shape index (κ3) is 4.66. The van der Waals surface area contributed by atoms with Crippen molar-refractivity contribution in [3.8, 4) is 5.75 Å². The van der Waals surface area contributed by atoms with Crippen molar-refractivity contribution in [1.29, 1.82) is 0 Å². The Morgan fingerprint density at radius 1 is 1.18 bits per heavy atom. The minimum atomic E-state index is -0.220. The van der Waals surface area contributed by atoms with E-state index in [1.807, 2.05) is 36.4 Å². The summed E-state index contributed by atoms with van der Waals surface area (Å²) in [6.07, 6.45) is 0.640. The first-order valence-electron chi connectivity index (χ1n) is 9.75. The molecule has 2 heterocycles. The van der Waals surface area contributed by atoms with Gasteiger partial charge in [0.1, 0.15) is 12.4 Å². The maximum absolute atomic E-state index is 13.1. The average molecular weight is 401 g/mol. The van der Waals surface area contributed by atoms with E-state index in [0.29, 0.717) is 18.1 Å². The molecule has 0 unspecified atom stereocenters. The van der Waals surface area contributed by atoms with Gasteiger partial charge in [-0.3, -0.25) is 9.69 Å². The molecule has 28 heavy (non-hydrogen) atoms. The monoisotopic (exact) mass is 400 g/mol. The highest BCUT2D eigenvalue weighted by Crippen LogP contribution is 2.30. The van der Waals surface area contributed by atoms with Gasteiger partial charge in [-0.15, -0.1) is 0 Å². The Balaban J connectivity index is 1.46. The number of carbonyl (C=O) groups is 1. The van der Waals surface area contributed by atoms with Crippen molar-refractivity contribution in [2.45, 2.75) is 12.5 Å². The number of nitrogens with zero attached hydrogens (tertiary/aromatic N) is 1. The van der Waals surface area contributed by atoms with Crippen LogP contribution in [-0.2, 0) is 16.0 Å². The van der Waals surface area contributed by atoms with Crippen LogP contribution in [0.5, 0.6) is 5.75 Å². The Labute approximate surface area is 170 Å². The van der Waals surface area contributed by atoms with E-state index in [-0.39, 0.29) is 17.9 Å². The Morgan fingerprint density at radius 3 is 2.75 bits per heavy atom. The number of benzene rings is 2. The molecule has 2 aromatic carbocycles. The Bertz CT molecular complexity index is 809. The number of hydrogen-bond acceptors (Lipinski definition) is 4. The molecule has 1 N–H and O–H groups in total. The van der Waals surface area contributed by atoms with Gasteiger partial charge >= 0.3 is 0 Å². The van der Waals surface area contributed by atoms with Gasteiger partial charge < -0.3 is 14.8 Å². The van der Waals surface area contributed by atoms with Gasteiger partial charge in [0.05, 0.1) is 25.2 Å². The zero-order chi connectivity index (χ0) is 19.3. The number of hydrogen-bond donors (Lipinski definition) is 1. The zero-order valence-electron chi connectivity index (χ0n) is 15.8. The number of ether oxygens (including phenoxy) is 2. The molecule has 5 nitrogen and oxygen atoms in total. The van der Waals surface area contributed by atoms with Crippen LogP contribution in [0.4, 0.5) is 0 Å². The topological polar surface area (TPSA) is 50.8 Å². The predicted octanol–water partition coefficient (Wildman–Crippen LogP) is 3.08. The van der Waals surface area contributed by atoms with E-state index in [1.165, 1.54) is 0 Å². The van der Waals surface area contributed by atoms with Crippen LogP contribution in [-0.4, -0.2) is 50.3 Å². The number of carbonyl (C=O) groups excluding carboxylic acids is 1. The summed E-state index contributed by atoms with van der Waals surface area (Å²) in [7, 11) is 0. The number of fused-ring (bicyclic) bond motifs is 1. The summed E-state index contributed by atoms with van der Waals surface area (Å²) >= 11 is 6.10. The number of halogens is 1. The first-order chi connectivity index (χ1) is 13.7. The molecule has 0 radical (unpaired) electrons. The van der Waals surface area contributed by atoms with Crippen molar-refractivity contribution in [2.75, 3.05) is 39.5 Å². The first kappa shape index (κ1) is 19.2. The largest absolute Gasteiger partial charge is 0.492 e. The molecule has 0 bridgehead atoms. The van der Waals surface area contributed by atoms with Crippen LogP contribution in [0.15, 0.2) is 48.5 Å². The molecule has 1 saturated heterocycles. The van der Waals surface area contributed by atoms with Gasteiger partial charge in [0.15, 0.2) is 0 Å². The van der Waals surface area contributed by atoms with Gasteiger partial charge in [-0.2, -0.15) is 0 Å². The van der Waals surface area contributed by atoms with Gasteiger partial charge in [0.25, 0.3) is 0 Å². The lowest BCUT2D eigenvalue weighted by Gasteiger charge is -2.32. The number of amides is 1. The highest BCUT2D eigenvalue weighted by Gasteiger charge is 2.29. The van der Waals surface area contributed by atoms with Crippen molar-refractivity contribution in [1.82, 2.24) is 10.2 Å². The Hall–Kier alpha value is -2.08. The lowest BCUT2D eigenvalue weighted by Crippen LogP contribution is -2.45. The van der Waals surface area contributed by atoms with Crippen molar-refractivity contribution >= 4 is 17.5 Å². The SMILES string of the molecule is O=C(N[C@H](CN1CCOCC1)c1ccccc1)[C@@H]1COc2ccc(Cl)cc2C1. The van der Waals surface area contributed by atoms with Crippen LogP contribution < -0.4 is 10.1 Å². The molecular weight excluding hydrogens is 376 g/mol. The van der Waals surface area contributed by atoms with Gasteiger partial charge in [-0.1, -0.05) is 41.9 Å². The first-order valence-corrected chi connectivity index (χ1v) is 10.1. The second-order valence-corrected chi connectivity index (χ2v) is 7.79. The standard InChI is InChI=1S/C22H25ClN2O3/c23-19-6-7-21-17(13-19)12-18(15-28-21)22(26)24-20(16-4-2-1-3-5-16)14-25-8-10-27-11-9-25/h1-7,13,18,20H,8-12,14-15H2,(H,24,26)/t18-,20+/m0/s1. The predicted molar refractivity (Wildman–Crippen MR) is 109 cm³/mol. The fraction of sp³-hybridized carbons (Fsp3) is 0.409. The van der Waals surface area contributed by atoms with Crippen LogP contribution in [0.3, 0.4) is 0 Å². The third-order valence-electron chi connectivity index (χ3n) is 5.36. The highest BCUT2D eigenvalue weighted by molar-refractivity contribution is 6.30. The molecule has 0 saturated carbocycles. The summed E-state index contributed by atoms with van der Waals surface area (Å²) in [6.45, 7) is 4.41. The van der Waals surface area contributed by atoms with Gasteiger partial charge in [0.2, 0.25) is 5.91 Å². The number of rotatable bonds is 5.